The maximum atomic E-state index is 12.1. The molecule has 0 spiro atoms. The first-order valence-corrected chi connectivity index (χ1v) is 6.52. The summed E-state index contributed by atoms with van der Waals surface area (Å²) in [5.41, 5.74) is 0.536. The van der Waals surface area contributed by atoms with Crippen molar-refractivity contribution in [3.8, 4) is 0 Å². The van der Waals surface area contributed by atoms with Crippen LogP contribution in [0.2, 0.25) is 0 Å². The number of fused-ring (bicyclic) bond motifs is 1. The third-order valence-corrected chi connectivity index (χ3v) is 3.20. The molecule has 2 aromatic rings. The fraction of sp³-hybridized carbons (Fsp3) is 0.538. The summed E-state index contributed by atoms with van der Waals surface area (Å²) in [7, 11) is 0. The predicted octanol–water partition coefficient (Wildman–Crippen LogP) is 0.199. The standard InChI is InChI=1S/C13H20N4O2/c1-11(2)15(9-10-18)7-8-17-13(19)16-6-4-3-5-12(16)14-17/h3-6,11,18H,7-10H2,1-2H3. The number of hydrogen-bond donors (Lipinski definition) is 1. The summed E-state index contributed by atoms with van der Waals surface area (Å²) in [4.78, 5) is 14.2. The van der Waals surface area contributed by atoms with E-state index >= 15 is 0 Å². The molecule has 0 amide bonds. The van der Waals surface area contributed by atoms with Crippen LogP contribution in [0.25, 0.3) is 5.65 Å². The van der Waals surface area contributed by atoms with Crippen molar-refractivity contribution in [2.75, 3.05) is 19.7 Å². The molecule has 0 bridgehead atoms. The second kappa shape index (κ2) is 5.99. The van der Waals surface area contributed by atoms with Crippen LogP contribution in [0.15, 0.2) is 29.2 Å². The number of aliphatic hydroxyl groups is 1. The maximum Gasteiger partial charge on any atom is 0.350 e. The lowest BCUT2D eigenvalue weighted by Gasteiger charge is -2.24. The summed E-state index contributed by atoms with van der Waals surface area (Å²) >= 11 is 0. The van der Waals surface area contributed by atoms with E-state index in [0.29, 0.717) is 31.3 Å². The van der Waals surface area contributed by atoms with Crippen LogP contribution in [0.4, 0.5) is 0 Å². The Kier molecular flexibility index (Phi) is 4.34. The van der Waals surface area contributed by atoms with E-state index < -0.39 is 0 Å². The van der Waals surface area contributed by atoms with Crippen LogP contribution < -0.4 is 5.69 Å². The minimum Gasteiger partial charge on any atom is -0.395 e. The quantitative estimate of drug-likeness (QED) is 0.809. The molecule has 0 aliphatic rings. The van der Waals surface area contributed by atoms with Gasteiger partial charge >= 0.3 is 5.69 Å². The van der Waals surface area contributed by atoms with Crippen LogP contribution in [-0.4, -0.2) is 49.9 Å². The van der Waals surface area contributed by atoms with Gasteiger partial charge in [-0.1, -0.05) is 6.07 Å². The van der Waals surface area contributed by atoms with E-state index in [0.717, 1.165) is 0 Å². The largest absolute Gasteiger partial charge is 0.395 e. The predicted molar refractivity (Wildman–Crippen MR) is 73.2 cm³/mol. The summed E-state index contributed by atoms with van der Waals surface area (Å²) < 4.78 is 3.01. The van der Waals surface area contributed by atoms with Gasteiger partial charge in [-0.05, 0) is 26.0 Å². The van der Waals surface area contributed by atoms with Gasteiger partial charge in [-0.2, -0.15) is 0 Å². The van der Waals surface area contributed by atoms with Crippen LogP contribution in [0.3, 0.4) is 0 Å². The van der Waals surface area contributed by atoms with Gasteiger partial charge in [-0.15, -0.1) is 5.10 Å². The van der Waals surface area contributed by atoms with Crippen molar-refractivity contribution in [3.63, 3.8) is 0 Å². The van der Waals surface area contributed by atoms with Gasteiger partial charge in [-0.25, -0.2) is 9.48 Å². The number of nitrogens with zero attached hydrogens (tertiary/aromatic N) is 4. The fourth-order valence-electron chi connectivity index (χ4n) is 2.09. The summed E-state index contributed by atoms with van der Waals surface area (Å²) in [6.45, 7) is 6.10. The van der Waals surface area contributed by atoms with Crippen molar-refractivity contribution in [3.05, 3.63) is 34.9 Å². The molecule has 2 aromatic heterocycles. The monoisotopic (exact) mass is 264 g/mol. The Bertz CT molecular complexity index is 588. The Labute approximate surface area is 111 Å². The first-order chi connectivity index (χ1) is 9.13. The van der Waals surface area contributed by atoms with Gasteiger partial charge in [-0.3, -0.25) is 9.30 Å². The van der Waals surface area contributed by atoms with Gasteiger partial charge in [0.15, 0.2) is 5.65 Å². The highest BCUT2D eigenvalue weighted by Gasteiger charge is 2.11. The van der Waals surface area contributed by atoms with E-state index in [1.807, 2.05) is 18.2 Å². The summed E-state index contributed by atoms with van der Waals surface area (Å²) in [6.07, 6.45) is 1.72. The van der Waals surface area contributed by atoms with Crippen LogP contribution in [0.1, 0.15) is 13.8 Å². The molecule has 0 aliphatic heterocycles. The SMILES string of the molecule is CC(C)N(CCO)CCn1nc2ccccn2c1=O. The molecule has 2 rings (SSSR count). The normalized spacial score (nSPS) is 11.8. The summed E-state index contributed by atoms with van der Waals surface area (Å²) in [5.74, 6) is 0. The van der Waals surface area contributed by atoms with Gasteiger partial charge in [0.2, 0.25) is 0 Å². The van der Waals surface area contributed by atoms with E-state index in [4.69, 9.17) is 5.11 Å². The lowest BCUT2D eigenvalue weighted by molar-refractivity contribution is 0.159. The van der Waals surface area contributed by atoms with E-state index in [9.17, 15) is 4.79 Å². The molecule has 0 radical (unpaired) electrons. The Morgan fingerprint density at radius 3 is 2.79 bits per heavy atom. The van der Waals surface area contributed by atoms with Gasteiger partial charge < -0.3 is 5.11 Å². The first-order valence-electron chi connectivity index (χ1n) is 6.52. The molecule has 104 valence electrons. The Morgan fingerprint density at radius 1 is 1.37 bits per heavy atom. The molecule has 0 aromatic carbocycles. The lowest BCUT2D eigenvalue weighted by atomic mass is 10.3. The smallest absolute Gasteiger partial charge is 0.350 e. The number of rotatable bonds is 6. The molecule has 2 heterocycles. The zero-order valence-electron chi connectivity index (χ0n) is 11.4. The zero-order chi connectivity index (χ0) is 13.8. The molecule has 0 atom stereocenters. The second-order valence-corrected chi connectivity index (χ2v) is 4.79. The minimum absolute atomic E-state index is 0.122. The van der Waals surface area contributed by atoms with Crippen molar-refractivity contribution in [2.45, 2.75) is 26.4 Å². The van der Waals surface area contributed by atoms with Crippen molar-refractivity contribution in [1.29, 1.82) is 0 Å². The molecule has 19 heavy (non-hydrogen) atoms. The Morgan fingerprint density at radius 2 is 2.16 bits per heavy atom. The van der Waals surface area contributed by atoms with Crippen LogP contribution in [0.5, 0.6) is 0 Å². The number of hydrogen-bond acceptors (Lipinski definition) is 4. The highest BCUT2D eigenvalue weighted by atomic mass is 16.3. The molecule has 0 aliphatic carbocycles. The maximum absolute atomic E-state index is 12.1. The third-order valence-electron chi connectivity index (χ3n) is 3.20. The molecule has 0 unspecified atom stereocenters. The topological polar surface area (TPSA) is 62.8 Å². The lowest BCUT2D eigenvalue weighted by Crippen LogP contribution is -2.37. The minimum atomic E-state index is -0.122. The van der Waals surface area contributed by atoms with Crippen LogP contribution in [0, 0.1) is 0 Å². The number of aliphatic hydroxyl groups excluding tert-OH is 1. The van der Waals surface area contributed by atoms with Gasteiger partial charge in [0, 0.05) is 25.3 Å². The molecule has 6 nitrogen and oxygen atoms in total. The average Bonchev–Trinajstić information content (AvgIpc) is 2.72. The number of aromatic nitrogens is 3. The molecule has 0 saturated heterocycles. The molecular weight excluding hydrogens is 244 g/mol. The molecule has 0 fully saturated rings. The highest BCUT2D eigenvalue weighted by Crippen LogP contribution is 1.99. The average molecular weight is 264 g/mol. The Balaban J connectivity index is 2.13. The molecule has 0 saturated carbocycles. The highest BCUT2D eigenvalue weighted by molar-refractivity contribution is 5.35. The summed E-state index contributed by atoms with van der Waals surface area (Å²) in [6, 6.07) is 5.82. The second-order valence-electron chi connectivity index (χ2n) is 4.79. The zero-order valence-corrected chi connectivity index (χ0v) is 11.4. The van der Waals surface area contributed by atoms with E-state index in [-0.39, 0.29) is 12.3 Å². The number of pyridine rings is 1. The molecule has 1 N–H and O–H groups in total. The van der Waals surface area contributed by atoms with E-state index in [2.05, 4.69) is 23.8 Å². The van der Waals surface area contributed by atoms with E-state index in [1.54, 1.807) is 6.20 Å². The van der Waals surface area contributed by atoms with Crippen molar-refractivity contribution in [1.82, 2.24) is 19.1 Å². The van der Waals surface area contributed by atoms with E-state index in [1.165, 1.54) is 9.08 Å². The van der Waals surface area contributed by atoms with Crippen molar-refractivity contribution in [2.24, 2.45) is 0 Å². The first kappa shape index (κ1) is 13.8. The fourth-order valence-corrected chi connectivity index (χ4v) is 2.09. The van der Waals surface area contributed by atoms with Gasteiger partial charge in [0.25, 0.3) is 0 Å². The third kappa shape index (κ3) is 3.02. The molecule has 6 heteroatoms. The van der Waals surface area contributed by atoms with Gasteiger partial charge in [0.05, 0.1) is 13.2 Å². The summed E-state index contributed by atoms with van der Waals surface area (Å²) in [5, 5.41) is 13.3. The van der Waals surface area contributed by atoms with Crippen molar-refractivity contribution >= 4 is 5.65 Å². The Hall–Kier alpha value is -1.66. The van der Waals surface area contributed by atoms with Gasteiger partial charge in [0.1, 0.15) is 0 Å². The molecular formula is C13H20N4O2. The van der Waals surface area contributed by atoms with Crippen molar-refractivity contribution < 1.29 is 5.11 Å². The van der Waals surface area contributed by atoms with Crippen LogP contribution in [-0.2, 0) is 6.54 Å². The van der Waals surface area contributed by atoms with Crippen LogP contribution >= 0.6 is 0 Å².